The maximum atomic E-state index is 11.4. The van der Waals surface area contributed by atoms with Gasteiger partial charge in [0.05, 0.1) is 18.3 Å². The molecule has 0 bridgehead atoms. The Labute approximate surface area is 130 Å². The smallest absolute Gasteiger partial charge is 0.462 e. The molecule has 1 saturated heterocycles. The molecule has 0 aromatic heterocycles. The van der Waals surface area contributed by atoms with E-state index in [-0.39, 0.29) is 0 Å². The molecule has 1 heterocycles. The highest BCUT2D eigenvalue weighted by atomic mass is 16.7. The summed E-state index contributed by atoms with van der Waals surface area (Å²) in [5.41, 5.74) is 0.524. The molecule has 0 radical (unpaired) electrons. The highest BCUT2D eigenvalue weighted by molar-refractivity contribution is 6.62. The van der Waals surface area contributed by atoms with Crippen molar-refractivity contribution >= 4 is 30.1 Å². The summed E-state index contributed by atoms with van der Waals surface area (Å²) >= 11 is 0. The number of benzene rings is 1. The van der Waals surface area contributed by atoms with Crippen molar-refractivity contribution in [2.75, 3.05) is 12.4 Å². The van der Waals surface area contributed by atoms with Crippen molar-refractivity contribution in [1.29, 1.82) is 0 Å². The van der Waals surface area contributed by atoms with E-state index in [0.717, 1.165) is 12.6 Å². The summed E-state index contributed by atoms with van der Waals surface area (Å²) in [5, 5.41) is 2.45. The molecule has 0 atom stereocenters. The first kappa shape index (κ1) is 16.5. The number of nitrogens with one attached hydrogen (secondary N) is 1. The largest absolute Gasteiger partial charge is 0.494 e. The molecule has 7 heteroatoms. The Kier molecular flexibility index (Phi) is 4.31. The number of hydrogen-bond acceptors (Lipinski definition) is 5. The highest BCUT2D eigenvalue weighted by Gasteiger charge is 2.51. The minimum Gasteiger partial charge on any atom is -0.462 e. The Hall–Kier alpha value is -1.86. The van der Waals surface area contributed by atoms with E-state index in [4.69, 9.17) is 9.31 Å². The first-order valence-corrected chi connectivity index (χ1v) is 7.01. The van der Waals surface area contributed by atoms with Crippen LogP contribution < -0.4 is 10.8 Å². The Morgan fingerprint density at radius 1 is 1.05 bits per heavy atom. The second-order valence-electron chi connectivity index (χ2n) is 6.16. The van der Waals surface area contributed by atoms with Gasteiger partial charge in [-0.05, 0) is 45.3 Å². The second-order valence-corrected chi connectivity index (χ2v) is 6.16. The molecule has 118 valence electrons. The lowest BCUT2D eigenvalue weighted by Gasteiger charge is -2.32. The first-order valence-electron chi connectivity index (χ1n) is 7.01. The molecule has 0 unspecified atom stereocenters. The Morgan fingerprint density at radius 2 is 1.55 bits per heavy atom. The Balaban J connectivity index is 2.07. The molecule has 1 aromatic carbocycles. The van der Waals surface area contributed by atoms with Crippen LogP contribution in [0.5, 0.6) is 0 Å². The lowest BCUT2D eigenvalue weighted by molar-refractivity contribution is -0.150. The van der Waals surface area contributed by atoms with Gasteiger partial charge in [0.15, 0.2) is 0 Å². The van der Waals surface area contributed by atoms with Crippen LogP contribution in [0.2, 0.25) is 0 Å². The topological polar surface area (TPSA) is 73.9 Å². The van der Waals surface area contributed by atoms with Gasteiger partial charge >= 0.3 is 19.0 Å². The van der Waals surface area contributed by atoms with Crippen LogP contribution >= 0.6 is 0 Å². The minimum atomic E-state index is -0.935. The van der Waals surface area contributed by atoms with Crippen molar-refractivity contribution in [3.8, 4) is 0 Å². The van der Waals surface area contributed by atoms with Crippen LogP contribution in [0, 0.1) is 0 Å². The zero-order valence-electron chi connectivity index (χ0n) is 13.4. The molecule has 1 aromatic rings. The number of anilines is 1. The van der Waals surface area contributed by atoms with Gasteiger partial charge in [0, 0.05) is 5.69 Å². The van der Waals surface area contributed by atoms with Gasteiger partial charge in [0.2, 0.25) is 0 Å². The van der Waals surface area contributed by atoms with Crippen LogP contribution in [0.1, 0.15) is 27.7 Å². The van der Waals surface area contributed by atoms with E-state index in [1.807, 2.05) is 27.7 Å². The maximum Gasteiger partial charge on any atom is 0.494 e. The molecule has 1 N–H and O–H groups in total. The predicted octanol–water partition coefficient (Wildman–Crippen LogP) is 1.10. The Morgan fingerprint density at radius 3 is 2.00 bits per heavy atom. The number of carbonyl (C=O) groups excluding carboxylic acids is 2. The highest BCUT2D eigenvalue weighted by Crippen LogP contribution is 2.36. The lowest BCUT2D eigenvalue weighted by atomic mass is 9.79. The fourth-order valence-corrected chi connectivity index (χ4v) is 1.98. The summed E-state index contributed by atoms with van der Waals surface area (Å²) in [7, 11) is 0.693. The van der Waals surface area contributed by atoms with E-state index >= 15 is 0 Å². The normalized spacial score (nSPS) is 18.9. The summed E-state index contributed by atoms with van der Waals surface area (Å²) in [4.78, 5) is 22.5. The molecule has 22 heavy (non-hydrogen) atoms. The molecule has 2 rings (SSSR count). The average Bonchev–Trinajstić information content (AvgIpc) is 2.67. The minimum absolute atomic E-state index is 0.407. The molecule has 6 nitrogen and oxygen atoms in total. The fourth-order valence-electron chi connectivity index (χ4n) is 1.98. The molecule has 0 aliphatic carbocycles. The summed E-state index contributed by atoms with van der Waals surface area (Å²) in [6, 6.07) is 6.94. The molecule has 0 saturated carbocycles. The van der Waals surface area contributed by atoms with Crippen molar-refractivity contribution in [2.24, 2.45) is 0 Å². The van der Waals surface area contributed by atoms with Gasteiger partial charge in [-0.1, -0.05) is 12.1 Å². The number of rotatable bonds is 2. The molecule has 1 aliphatic heterocycles. The quantitative estimate of drug-likeness (QED) is 0.503. The van der Waals surface area contributed by atoms with Gasteiger partial charge < -0.3 is 19.4 Å². The number of amides is 1. The molecular weight excluding hydrogens is 285 g/mol. The molecule has 0 spiro atoms. The van der Waals surface area contributed by atoms with E-state index in [1.54, 1.807) is 24.3 Å². The van der Waals surface area contributed by atoms with Crippen molar-refractivity contribution in [3.05, 3.63) is 24.3 Å². The number of ether oxygens (including phenoxy) is 1. The van der Waals surface area contributed by atoms with Crippen LogP contribution in [0.4, 0.5) is 5.69 Å². The summed E-state index contributed by atoms with van der Waals surface area (Å²) in [5.74, 6) is -1.75. The monoisotopic (exact) mass is 305 g/mol. The third kappa shape index (κ3) is 3.15. The van der Waals surface area contributed by atoms with Crippen LogP contribution in [-0.4, -0.2) is 37.3 Å². The van der Waals surface area contributed by atoms with Crippen LogP contribution in [0.15, 0.2) is 24.3 Å². The number of methoxy groups -OCH3 is 1. The van der Waals surface area contributed by atoms with E-state index in [2.05, 4.69) is 10.1 Å². The standard InChI is InChI=1S/C15H20BNO5/c1-14(2)15(3,4)22-16(21-14)10-6-8-11(9-7-10)17-12(18)13(19)20-5/h6-9H,1-5H3,(H,17,18). The predicted molar refractivity (Wildman–Crippen MR) is 82.8 cm³/mol. The third-order valence-corrected chi connectivity index (χ3v) is 4.06. The number of esters is 1. The van der Waals surface area contributed by atoms with Gasteiger partial charge in [0.1, 0.15) is 0 Å². The van der Waals surface area contributed by atoms with Crippen molar-refractivity contribution < 1.29 is 23.6 Å². The maximum absolute atomic E-state index is 11.4. The molecular formula is C15H20BNO5. The van der Waals surface area contributed by atoms with Gasteiger partial charge in [0.25, 0.3) is 0 Å². The summed E-state index contributed by atoms with van der Waals surface area (Å²) in [6.07, 6.45) is 0. The zero-order chi connectivity index (χ0) is 16.5. The number of hydrogen-bond donors (Lipinski definition) is 1. The third-order valence-electron chi connectivity index (χ3n) is 4.06. The van der Waals surface area contributed by atoms with E-state index in [9.17, 15) is 9.59 Å². The fraction of sp³-hybridized carbons (Fsp3) is 0.467. The molecule has 1 amide bonds. The van der Waals surface area contributed by atoms with E-state index < -0.39 is 30.2 Å². The average molecular weight is 305 g/mol. The molecule has 1 aliphatic rings. The van der Waals surface area contributed by atoms with Crippen LogP contribution in [0.25, 0.3) is 0 Å². The van der Waals surface area contributed by atoms with Crippen molar-refractivity contribution in [2.45, 2.75) is 38.9 Å². The van der Waals surface area contributed by atoms with Gasteiger partial charge in [-0.15, -0.1) is 0 Å². The second kappa shape index (κ2) is 5.74. The summed E-state index contributed by atoms with van der Waals surface area (Å²) < 4.78 is 16.2. The van der Waals surface area contributed by atoms with Gasteiger partial charge in [-0.3, -0.25) is 4.79 Å². The van der Waals surface area contributed by atoms with Crippen molar-refractivity contribution in [1.82, 2.24) is 0 Å². The van der Waals surface area contributed by atoms with Gasteiger partial charge in [-0.2, -0.15) is 0 Å². The number of carbonyl (C=O) groups is 2. The zero-order valence-corrected chi connectivity index (χ0v) is 13.4. The van der Waals surface area contributed by atoms with Crippen LogP contribution in [-0.2, 0) is 23.6 Å². The SMILES string of the molecule is COC(=O)C(=O)Nc1ccc(B2OC(C)(C)C(C)(C)O2)cc1. The van der Waals surface area contributed by atoms with E-state index in [1.165, 1.54) is 0 Å². The lowest BCUT2D eigenvalue weighted by Crippen LogP contribution is -2.41. The van der Waals surface area contributed by atoms with E-state index in [0.29, 0.717) is 5.69 Å². The first-order chi connectivity index (χ1) is 10.2. The van der Waals surface area contributed by atoms with Gasteiger partial charge in [-0.25, -0.2) is 4.79 Å². The molecule has 1 fully saturated rings. The van der Waals surface area contributed by atoms with Crippen molar-refractivity contribution in [3.63, 3.8) is 0 Å². The van der Waals surface area contributed by atoms with Crippen LogP contribution in [0.3, 0.4) is 0 Å². The Bertz CT molecular complexity index is 566. The summed E-state index contributed by atoms with van der Waals surface area (Å²) in [6.45, 7) is 7.94.